The molecule has 2 nitrogen and oxygen atoms in total. The van der Waals surface area contributed by atoms with E-state index in [0.717, 1.165) is 0 Å². The van der Waals surface area contributed by atoms with Gasteiger partial charge in [0.1, 0.15) is 8.07 Å². The summed E-state index contributed by atoms with van der Waals surface area (Å²) in [5, 5.41) is 8.55. The lowest BCUT2D eigenvalue weighted by molar-refractivity contribution is 1.29. The Morgan fingerprint density at radius 3 is 1.34 bits per heavy atom. The lowest BCUT2D eigenvalue weighted by Crippen LogP contribution is -2.56. The van der Waals surface area contributed by atoms with Crippen LogP contribution in [0.3, 0.4) is 0 Å². The van der Waals surface area contributed by atoms with Crippen molar-refractivity contribution in [3.05, 3.63) is 206 Å². The molecule has 0 radical (unpaired) electrons. The molecule has 9 aromatic carbocycles. The number of fused-ring (bicyclic) bond motifs is 2. The van der Waals surface area contributed by atoms with Crippen LogP contribution in [0.5, 0.6) is 0 Å². The highest BCUT2D eigenvalue weighted by Crippen LogP contribution is 2.47. The highest BCUT2D eigenvalue weighted by Gasteiger charge is 2.37. The molecule has 0 spiro atoms. The summed E-state index contributed by atoms with van der Waals surface area (Å²) in [6, 6.07) is 77.6. The lowest BCUT2D eigenvalue weighted by Gasteiger charge is -2.37. The van der Waals surface area contributed by atoms with Gasteiger partial charge in [-0.05, 0) is 92.6 Å². The Hall–Kier alpha value is -6.51. The van der Waals surface area contributed by atoms with E-state index in [0.29, 0.717) is 0 Å². The fraction of sp³-hybridized carbons (Fsp3) is 0.133. The number of anilines is 6. The second kappa shape index (κ2) is 16.5. The van der Waals surface area contributed by atoms with E-state index in [9.17, 15) is 0 Å². The van der Waals surface area contributed by atoms with E-state index in [-0.39, 0.29) is 0 Å². The Kier molecular flexibility index (Phi) is 10.8. The number of rotatable bonds is 10. The maximum absolute atomic E-state index is 2.56. The van der Waals surface area contributed by atoms with E-state index >= 15 is 0 Å². The van der Waals surface area contributed by atoms with Crippen LogP contribution in [0.15, 0.2) is 206 Å². The molecule has 1 aliphatic rings. The zero-order valence-electron chi connectivity index (χ0n) is 39.0. The van der Waals surface area contributed by atoms with Gasteiger partial charge < -0.3 is 9.80 Å². The minimum Gasteiger partial charge on any atom is -0.310 e. The smallest absolute Gasteiger partial charge is 0.113 e. The average molecular weight is 891 g/mol. The summed E-state index contributed by atoms with van der Waals surface area (Å²) in [6.07, 6.45) is 0. The molecule has 9 aromatic rings. The summed E-state index contributed by atoms with van der Waals surface area (Å²) < 4.78 is 0. The third-order valence-corrected chi connectivity index (χ3v) is 21.3. The average Bonchev–Trinajstić information content (AvgIpc) is 3.32. The van der Waals surface area contributed by atoms with Crippen LogP contribution >= 0.6 is 0 Å². The molecule has 0 unspecified atom stereocenters. The number of benzene rings is 9. The monoisotopic (exact) mass is 890 g/mol. The van der Waals surface area contributed by atoms with Crippen LogP contribution in [-0.4, -0.2) is 24.2 Å². The van der Waals surface area contributed by atoms with E-state index in [2.05, 4.69) is 268 Å². The highest BCUT2D eigenvalue weighted by atomic mass is 28.3. The van der Waals surface area contributed by atoms with Gasteiger partial charge in [-0.2, -0.15) is 0 Å². The molecule has 5 heteroatoms. The summed E-state index contributed by atoms with van der Waals surface area (Å²) in [5.41, 5.74) is 14.6. The molecule has 320 valence electrons. The van der Waals surface area contributed by atoms with Crippen molar-refractivity contribution in [1.29, 1.82) is 0 Å². The Labute approximate surface area is 389 Å². The first-order valence-electron chi connectivity index (χ1n) is 23.1. The Bertz CT molecular complexity index is 3180. The van der Waals surface area contributed by atoms with Crippen LogP contribution in [0.1, 0.15) is 0 Å². The van der Waals surface area contributed by atoms with Gasteiger partial charge in [0.15, 0.2) is 0 Å². The quantitative estimate of drug-likeness (QED) is 0.126. The van der Waals surface area contributed by atoms with E-state index in [1.54, 1.807) is 0 Å². The van der Waals surface area contributed by atoms with Crippen molar-refractivity contribution >= 4 is 89.9 Å². The van der Waals surface area contributed by atoms with Crippen LogP contribution in [-0.2, 0) is 0 Å². The standard InChI is InChI=1S/C60H58N2Si3/c1-63(2,3)48-35-30-45(31-36-48)61(55-27-17-15-24-50(55)43-20-11-9-12-21-43)47-34-39-52-53-40-41-57(54-26-19-29-58(60(53)54)65(7,8)59(52)42-47)62(46-32-37-49(38-33-46)64(4,5)6)56-28-18-16-25-51(56)44-22-13-10-14-23-44/h9-42H,1-8H3. The molecule has 1 heterocycles. The zero-order valence-corrected chi connectivity index (χ0v) is 42.0. The Balaban J connectivity index is 1.17. The van der Waals surface area contributed by atoms with Gasteiger partial charge >= 0.3 is 0 Å². The second-order valence-corrected chi connectivity index (χ2v) is 34.7. The Morgan fingerprint density at radius 2 is 0.800 bits per heavy atom. The molecule has 0 amide bonds. The third kappa shape index (κ3) is 7.71. The van der Waals surface area contributed by atoms with Crippen molar-refractivity contribution in [2.24, 2.45) is 0 Å². The maximum Gasteiger partial charge on any atom is 0.113 e. The van der Waals surface area contributed by atoms with E-state index in [1.807, 2.05) is 0 Å². The van der Waals surface area contributed by atoms with Gasteiger partial charge in [0.25, 0.3) is 0 Å². The number of hydrogen-bond acceptors (Lipinski definition) is 2. The predicted molar refractivity (Wildman–Crippen MR) is 292 cm³/mol. The summed E-state index contributed by atoms with van der Waals surface area (Å²) in [5.74, 6) is 0. The predicted octanol–water partition coefficient (Wildman–Crippen LogP) is 15.0. The minimum atomic E-state index is -2.30. The third-order valence-electron chi connectivity index (χ3n) is 13.6. The minimum absolute atomic E-state index is 1.17. The van der Waals surface area contributed by atoms with Crippen molar-refractivity contribution in [2.75, 3.05) is 9.80 Å². The molecular formula is C60H58N2Si3. The summed E-state index contributed by atoms with van der Waals surface area (Å²) in [7, 11) is -5.31. The molecule has 0 aromatic heterocycles. The molecule has 0 fully saturated rings. The molecule has 0 atom stereocenters. The normalized spacial score (nSPS) is 13.0. The molecule has 1 aliphatic heterocycles. The van der Waals surface area contributed by atoms with Crippen molar-refractivity contribution < 1.29 is 0 Å². The highest BCUT2D eigenvalue weighted by molar-refractivity contribution is 7.03. The molecule has 10 rings (SSSR count). The molecule has 0 saturated heterocycles. The van der Waals surface area contributed by atoms with Crippen LogP contribution in [0.2, 0.25) is 52.4 Å². The van der Waals surface area contributed by atoms with Crippen molar-refractivity contribution in [3.8, 4) is 33.4 Å². The van der Waals surface area contributed by atoms with Crippen molar-refractivity contribution in [1.82, 2.24) is 0 Å². The first-order chi connectivity index (χ1) is 31.3. The van der Waals surface area contributed by atoms with Crippen LogP contribution in [0.25, 0.3) is 44.2 Å². The van der Waals surface area contributed by atoms with Crippen LogP contribution < -0.4 is 30.5 Å². The lowest BCUT2D eigenvalue weighted by atomic mass is 9.94. The summed E-state index contributed by atoms with van der Waals surface area (Å²) in [6.45, 7) is 19.7. The number of hydrogen-bond donors (Lipinski definition) is 0. The molecular weight excluding hydrogens is 833 g/mol. The van der Waals surface area contributed by atoms with Crippen LogP contribution in [0.4, 0.5) is 34.1 Å². The zero-order chi connectivity index (χ0) is 45.1. The largest absolute Gasteiger partial charge is 0.310 e. The van der Waals surface area contributed by atoms with Gasteiger partial charge in [0.05, 0.1) is 33.2 Å². The molecule has 0 saturated carbocycles. The first-order valence-corrected chi connectivity index (χ1v) is 33.1. The fourth-order valence-electron chi connectivity index (χ4n) is 10.0. The van der Waals surface area contributed by atoms with Crippen molar-refractivity contribution in [3.63, 3.8) is 0 Å². The number of nitrogens with zero attached hydrogens (tertiary/aromatic N) is 2. The maximum atomic E-state index is 2.56. The van der Waals surface area contributed by atoms with Gasteiger partial charge in [-0.25, -0.2) is 0 Å². The topological polar surface area (TPSA) is 6.48 Å². The van der Waals surface area contributed by atoms with Gasteiger partial charge in [-0.3, -0.25) is 0 Å². The van der Waals surface area contributed by atoms with E-state index in [1.165, 1.54) is 99.0 Å². The number of para-hydroxylation sites is 2. The fourth-order valence-corrected chi connectivity index (χ4v) is 15.4. The van der Waals surface area contributed by atoms with Crippen molar-refractivity contribution in [2.45, 2.75) is 52.4 Å². The molecule has 0 bridgehead atoms. The first kappa shape index (κ1) is 42.4. The summed E-state index contributed by atoms with van der Waals surface area (Å²) >= 11 is 0. The summed E-state index contributed by atoms with van der Waals surface area (Å²) in [4.78, 5) is 5.01. The van der Waals surface area contributed by atoms with Gasteiger partial charge in [-0.15, -0.1) is 0 Å². The van der Waals surface area contributed by atoms with E-state index in [4.69, 9.17) is 0 Å². The molecule has 0 N–H and O–H groups in total. The molecule has 0 aliphatic carbocycles. The Morgan fingerprint density at radius 1 is 0.338 bits per heavy atom. The SMILES string of the molecule is C[Si](C)(C)c1ccc(N(c2ccc3c(c2)[Si](C)(C)c2cccc4c(N(c5ccc([Si](C)(C)C)cc5)c5ccccc5-c5ccccc5)ccc-3c24)c2ccccc2-c2ccccc2)cc1. The van der Waals surface area contributed by atoms with E-state index < -0.39 is 24.2 Å². The van der Waals surface area contributed by atoms with Gasteiger partial charge in [-0.1, -0.05) is 214 Å². The second-order valence-electron chi connectivity index (χ2n) is 20.2. The van der Waals surface area contributed by atoms with Crippen LogP contribution in [0, 0.1) is 0 Å². The molecule has 65 heavy (non-hydrogen) atoms. The van der Waals surface area contributed by atoms with Gasteiger partial charge in [0, 0.05) is 33.6 Å². The van der Waals surface area contributed by atoms with Gasteiger partial charge in [0.2, 0.25) is 0 Å².